The van der Waals surface area contributed by atoms with E-state index in [4.69, 9.17) is 16.3 Å². The van der Waals surface area contributed by atoms with Crippen molar-refractivity contribution in [3.63, 3.8) is 0 Å². The number of ether oxygens (including phenoxy) is 1. The summed E-state index contributed by atoms with van der Waals surface area (Å²) in [5.74, 6) is -1.16. The Morgan fingerprint density at radius 2 is 1.84 bits per heavy atom. The number of amides is 1. The number of hydrogen-bond donors (Lipinski definition) is 0. The summed E-state index contributed by atoms with van der Waals surface area (Å²) in [6.45, 7) is 4.81. The normalized spacial score (nSPS) is 12.3. The maximum atomic E-state index is 12.7. The lowest BCUT2D eigenvalue weighted by Crippen LogP contribution is -2.35. The minimum absolute atomic E-state index is 0.0514. The molecule has 0 N–H and O–H groups in total. The zero-order valence-electron chi connectivity index (χ0n) is 14.3. The summed E-state index contributed by atoms with van der Waals surface area (Å²) in [6, 6.07) is 2.81. The predicted molar refractivity (Wildman–Crippen MR) is 89.0 cm³/mol. The molecule has 0 atom stereocenters. The second-order valence-corrected chi connectivity index (χ2v) is 6.76. The van der Waals surface area contributed by atoms with Crippen LogP contribution in [0.4, 0.5) is 13.2 Å². The van der Waals surface area contributed by atoms with Crippen molar-refractivity contribution in [1.29, 1.82) is 0 Å². The number of likely N-dealkylation sites (N-methyl/N-ethyl adjacent to an activating group) is 1. The maximum absolute atomic E-state index is 12.7. The summed E-state index contributed by atoms with van der Waals surface area (Å²) in [5.41, 5.74) is -1.50. The van der Waals surface area contributed by atoms with Gasteiger partial charge in [0.1, 0.15) is 12.1 Å². The van der Waals surface area contributed by atoms with Crippen molar-refractivity contribution >= 4 is 29.6 Å². The second kappa shape index (κ2) is 7.91. The molecule has 1 amide bonds. The van der Waals surface area contributed by atoms with Crippen molar-refractivity contribution in [3.8, 4) is 0 Å². The van der Waals surface area contributed by atoms with Crippen molar-refractivity contribution in [3.05, 3.63) is 40.4 Å². The SMILES string of the molecule is CN(CC(=O)OC(C)(C)C)C(=O)/C=C/c1cc(C(F)(F)F)ccc1Cl. The fourth-order valence-electron chi connectivity index (χ4n) is 1.78. The standard InChI is InChI=1S/C17H19ClF3NO3/c1-16(2,3)25-15(24)10-22(4)14(23)8-5-11-9-12(17(19,20)21)6-7-13(11)18/h5-9H,10H2,1-4H3/b8-5+. The summed E-state index contributed by atoms with van der Waals surface area (Å²) in [6.07, 6.45) is -2.29. The van der Waals surface area contributed by atoms with Gasteiger partial charge < -0.3 is 9.64 Å². The van der Waals surface area contributed by atoms with Crippen LogP contribution >= 0.6 is 11.6 Å². The number of halogens is 4. The van der Waals surface area contributed by atoms with Crippen molar-refractivity contribution in [1.82, 2.24) is 4.90 Å². The Morgan fingerprint density at radius 1 is 1.24 bits per heavy atom. The molecule has 0 fully saturated rings. The van der Waals surface area contributed by atoms with Gasteiger partial charge in [-0.15, -0.1) is 0 Å². The highest BCUT2D eigenvalue weighted by atomic mass is 35.5. The molecule has 0 aromatic heterocycles. The van der Waals surface area contributed by atoms with Crippen LogP contribution in [-0.4, -0.2) is 36.0 Å². The van der Waals surface area contributed by atoms with E-state index in [0.29, 0.717) is 0 Å². The molecule has 0 aliphatic heterocycles. The molecule has 1 aromatic carbocycles. The van der Waals surface area contributed by atoms with Gasteiger partial charge in [-0.05, 0) is 50.6 Å². The van der Waals surface area contributed by atoms with E-state index < -0.39 is 29.2 Å². The molecule has 1 rings (SSSR count). The highest BCUT2D eigenvalue weighted by Crippen LogP contribution is 2.32. The maximum Gasteiger partial charge on any atom is 0.416 e. The Kier molecular flexibility index (Phi) is 6.65. The smallest absolute Gasteiger partial charge is 0.416 e. The number of carbonyl (C=O) groups is 2. The predicted octanol–water partition coefficient (Wildman–Crippen LogP) is 4.17. The van der Waals surface area contributed by atoms with Crippen molar-refractivity contribution in [2.75, 3.05) is 13.6 Å². The molecule has 0 saturated carbocycles. The van der Waals surface area contributed by atoms with Gasteiger partial charge in [0.25, 0.3) is 0 Å². The first-order chi connectivity index (χ1) is 11.3. The molecule has 0 spiro atoms. The molecule has 4 nitrogen and oxygen atoms in total. The average Bonchev–Trinajstić information content (AvgIpc) is 2.42. The molecular weight excluding hydrogens is 359 g/mol. The molecule has 0 saturated heterocycles. The Labute approximate surface area is 149 Å². The quantitative estimate of drug-likeness (QED) is 0.584. The van der Waals surface area contributed by atoms with Gasteiger partial charge in [0.05, 0.1) is 5.56 Å². The van der Waals surface area contributed by atoms with Crippen LogP contribution in [0.1, 0.15) is 31.9 Å². The van der Waals surface area contributed by atoms with Gasteiger partial charge in [-0.3, -0.25) is 9.59 Å². The molecule has 25 heavy (non-hydrogen) atoms. The molecule has 0 unspecified atom stereocenters. The minimum Gasteiger partial charge on any atom is -0.459 e. The third kappa shape index (κ3) is 7.17. The number of benzene rings is 1. The zero-order valence-corrected chi connectivity index (χ0v) is 15.0. The number of esters is 1. The molecule has 138 valence electrons. The minimum atomic E-state index is -4.51. The van der Waals surface area contributed by atoms with E-state index in [1.54, 1.807) is 20.8 Å². The topological polar surface area (TPSA) is 46.6 Å². The largest absolute Gasteiger partial charge is 0.459 e. The summed E-state index contributed by atoms with van der Waals surface area (Å²) in [5, 5.41) is 0.0758. The summed E-state index contributed by atoms with van der Waals surface area (Å²) < 4.78 is 43.2. The Balaban J connectivity index is 2.81. The summed E-state index contributed by atoms with van der Waals surface area (Å²) in [7, 11) is 1.38. The molecule has 0 aliphatic carbocycles. The molecule has 0 bridgehead atoms. The van der Waals surface area contributed by atoms with Crippen LogP contribution in [0.3, 0.4) is 0 Å². The van der Waals surface area contributed by atoms with Gasteiger partial charge in [-0.25, -0.2) is 0 Å². The van der Waals surface area contributed by atoms with Crippen LogP contribution in [0.25, 0.3) is 6.08 Å². The van der Waals surface area contributed by atoms with E-state index in [1.807, 2.05) is 0 Å². The highest BCUT2D eigenvalue weighted by Gasteiger charge is 2.30. The Morgan fingerprint density at radius 3 is 2.36 bits per heavy atom. The van der Waals surface area contributed by atoms with E-state index in [9.17, 15) is 22.8 Å². The number of alkyl halides is 3. The first kappa shape index (κ1) is 21.0. The zero-order chi connectivity index (χ0) is 19.4. The number of hydrogen-bond acceptors (Lipinski definition) is 3. The summed E-state index contributed by atoms with van der Waals surface area (Å²) in [4.78, 5) is 24.7. The lowest BCUT2D eigenvalue weighted by molar-refractivity contribution is -0.157. The van der Waals surface area contributed by atoms with Crippen LogP contribution < -0.4 is 0 Å². The lowest BCUT2D eigenvalue weighted by Gasteiger charge is -2.22. The third-order valence-corrected chi connectivity index (χ3v) is 3.24. The highest BCUT2D eigenvalue weighted by molar-refractivity contribution is 6.32. The Hall–Kier alpha value is -2.02. The molecule has 1 aromatic rings. The van der Waals surface area contributed by atoms with Gasteiger partial charge in [-0.1, -0.05) is 11.6 Å². The van der Waals surface area contributed by atoms with Gasteiger partial charge in [0, 0.05) is 18.1 Å². The molecule has 0 heterocycles. The van der Waals surface area contributed by atoms with Gasteiger partial charge in [-0.2, -0.15) is 13.2 Å². The Bertz CT molecular complexity index is 679. The van der Waals surface area contributed by atoms with E-state index >= 15 is 0 Å². The second-order valence-electron chi connectivity index (χ2n) is 6.35. The monoisotopic (exact) mass is 377 g/mol. The number of carbonyl (C=O) groups excluding carboxylic acids is 2. The van der Waals surface area contributed by atoms with Crippen molar-refractivity contribution in [2.24, 2.45) is 0 Å². The van der Waals surface area contributed by atoms with E-state index in [0.717, 1.165) is 29.2 Å². The van der Waals surface area contributed by atoms with E-state index in [1.165, 1.54) is 13.1 Å². The molecule has 8 heteroatoms. The van der Waals surface area contributed by atoms with Crippen molar-refractivity contribution < 1.29 is 27.5 Å². The van der Waals surface area contributed by atoms with E-state index in [2.05, 4.69) is 0 Å². The van der Waals surface area contributed by atoms with Gasteiger partial charge in [0.15, 0.2) is 0 Å². The van der Waals surface area contributed by atoms with Crippen LogP contribution in [0.15, 0.2) is 24.3 Å². The molecule has 0 aliphatic rings. The fraction of sp³-hybridized carbons (Fsp3) is 0.412. The molecular formula is C17H19ClF3NO3. The number of nitrogens with zero attached hydrogens (tertiary/aromatic N) is 1. The first-order valence-electron chi connectivity index (χ1n) is 7.31. The third-order valence-electron chi connectivity index (χ3n) is 2.89. The number of rotatable bonds is 4. The molecule has 0 radical (unpaired) electrons. The first-order valence-corrected chi connectivity index (χ1v) is 7.69. The van der Waals surface area contributed by atoms with E-state index in [-0.39, 0.29) is 17.1 Å². The average molecular weight is 378 g/mol. The van der Waals surface area contributed by atoms with Crippen molar-refractivity contribution in [2.45, 2.75) is 32.5 Å². The van der Waals surface area contributed by atoms with Crippen LogP contribution in [0, 0.1) is 0 Å². The fourth-order valence-corrected chi connectivity index (χ4v) is 1.96. The lowest BCUT2D eigenvalue weighted by atomic mass is 10.1. The van der Waals surface area contributed by atoms with Gasteiger partial charge in [0.2, 0.25) is 5.91 Å². The van der Waals surface area contributed by atoms with Gasteiger partial charge >= 0.3 is 12.1 Å². The summed E-state index contributed by atoms with van der Waals surface area (Å²) >= 11 is 5.85. The van der Waals surface area contributed by atoms with Crippen LogP contribution in [-0.2, 0) is 20.5 Å². The van der Waals surface area contributed by atoms with Crippen LogP contribution in [0.2, 0.25) is 5.02 Å². The van der Waals surface area contributed by atoms with Crippen LogP contribution in [0.5, 0.6) is 0 Å².